The fourth-order valence-corrected chi connectivity index (χ4v) is 3.34. The molecule has 1 aromatic carbocycles. The van der Waals surface area contributed by atoms with Crippen LogP contribution in [0.25, 0.3) is 10.8 Å². The fraction of sp³-hybridized carbons (Fsp3) is 0.350. The summed E-state index contributed by atoms with van der Waals surface area (Å²) in [6.07, 6.45) is 4.10. The Bertz CT molecular complexity index is 968. The van der Waals surface area contributed by atoms with E-state index in [0.29, 0.717) is 24.8 Å². The molecule has 2 atom stereocenters. The number of carbonyl (C=O) groups excluding carboxylic acids is 1. The number of aromatic nitrogens is 2. The maximum Gasteiger partial charge on any atom is 0.276 e. The average molecular weight is 383 g/mol. The van der Waals surface area contributed by atoms with Crippen molar-refractivity contribution in [1.29, 1.82) is 0 Å². The monoisotopic (exact) mass is 383 g/mol. The molecule has 8 heteroatoms. The van der Waals surface area contributed by atoms with Gasteiger partial charge in [0.05, 0.1) is 25.4 Å². The number of aliphatic hydroxyl groups is 1. The van der Waals surface area contributed by atoms with Gasteiger partial charge in [0.2, 0.25) is 5.89 Å². The van der Waals surface area contributed by atoms with Crippen LogP contribution in [0, 0.1) is 0 Å². The lowest BCUT2D eigenvalue weighted by atomic mass is 10.1. The Hall–Kier alpha value is -2.97. The number of fused-ring (bicyclic) bond motifs is 1. The molecule has 0 aliphatic carbocycles. The van der Waals surface area contributed by atoms with Crippen LogP contribution in [-0.4, -0.2) is 57.8 Å². The summed E-state index contributed by atoms with van der Waals surface area (Å²) in [4.78, 5) is 22.7. The third-order valence-corrected chi connectivity index (χ3v) is 4.79. The first-order valence-electron chi connectivity index (χ1n) is 9.14. The van der Waals surface area contributed by atoms with Gasteiger partial charge >= 0.3 is 0 Å². The van der Waals surface area contributed by atoms with Crippen molar-refractivity contribution in [3.63, 3.8) is 0 Å². The van der Waals surface area contributed by atoms with E-state index < -0.39 is 6.10 Å². The number of carbonyl (C=O) groups is 1. The Morgan fingerprint density at radius 1 is 1.36 bits per heavy atom. The van der Waals surface area contributed by atoms with Gasteiger partial charge in [-0.05, 0) is 19.1 Å². The molecule has 1 fully saturated rings. The van der Waals surface area contributed by atoms with E-state index in [1.165, 1.54) is 6.26 Å². The topological polar surface area (TPSA) is 97.9 Å². The van der Waals surface area contributed by atoms with E-state index in [4.69, 9.17) is 13.9 Å². The molecule has 1 aliphatic heterocycles. The zero-order valence-corrected chi connectivity index (χ0v) is 15.4. The lowest BCUT2D eigenvalue weighted by Crippen LogP contribution is -2.46. The average Bonchev–Trinajstić information content (AvgIpc) is 3.36. The van der Waals surface area contributed by atoms with Crippen LogP contribution in [0.5, 0.6) is 5.75 Å². The number of ether oxygens (including phenoxy) is 2. The molecule has 0 saturated carbocycles. The van der Waals surface area contributed by atoms with Gasteiger partial charge in [0.1, 0.15) is 12.0 Å². The van der Waals surface area contributed by atoms with Crippen molar-refractivity contribution < 1.29 is 23.8 Å². The molecule has 0 bridgehead atoms. The molecule has 0 radical (unpaired) electrons. The standard InChI is InChI=1S/C20H21N3O5/c1-2-23(16-10-26-11-17(16)24)20(25)15-9-28-19(22-15)12-27-18-5-3-4-13-8-21-7-6-14(13)18/h3-9,16-17,24H,2,10-12H2,1H3/t16-,17-/m0/s1. The third-order valence-electron chi connectivity index (χ3n) is 4.79. The molecule has 0 unspecified atom stereocenters. The van der Waals surface area contributed by atoms with E-state index >= 15 is 0 Å². The smallest absolute Gasteiger partial charge is 0.276 e. The van der Waals surface area contributed by atoms with E-state index in [1.807, 2.05) is 31.2 Å². The zero-order chi connectivity index (χ0) is 19.5. The first-order valence-corrected chi connectivity index (χ1v) is 9.14. The molecule has 146 valence electrons. The van der Waals surface area contributed by atoms with Gasteiger partial charge in [-0.15, -0.1) is 0 Å². The zero-order valence-electron chi connectivity index (χ0n) is 15.4. The van der Waals surface area contributed by atoms with Crippen molar-refractivity contribution in [3.05, 3.63) is 54.5 Å². The molecule has 2 aromatic heterocycles. The van der Waals surface area contributed by atoms with Gasteiger partial charge < -0.3 is 23.9 Å². The highest BCUT2D eigenvalue weighted by atomic mass is 16.5. The molecule has 1 N–H and O–H groups in total. The van der Waals surface area contributed by atoms with Crippen molar-refractivity contribution in [3.8, 4) is 5.75 Å². The van der Waals surface area contributed by atoms with E-state index in [1.54, 1.807) is 17.3 Å². The highest BCUT2D eigenvalue weighted by Crippen LogP contribution is 2.25. The normalized spacial score (nSPS) is 19.1. The number of hydrogen-bond acceptors (Lipinski definition) is 7. The second kappa shape index (κ2) is 7.95. The van der Waals surface area contributed by atoms with Crippen LogP contribution >= 0.6 is 0 Å². The summed E-state index contributed by atoms with van der Waals surface area (Å²) in [6.45, 7) is 2.92. The summed E-state index contributed by atoms with van der Waals surface area (Å²) < 4.78 is 16.5. The second-order valence-electron chi connectivity index (χ2n) is 6.53. The van der Waals surface area contributed by atoms with Crippen molar-refractivity contribution in [2.75, 3.05) is 19.8 Å². The van der Waals surface area contributed by atoms with Crippen molar-refractivity contribution in [2.45, 2.75) is 25.7 Å². The maximum atomic E-state index is 12.8. The Morgan fingerprint density at radius 2 is 2.25 bits per heavy atom. The number of oxazole rings is 1. The second-order valence-corrected chi connectivity index (χ2v) is 6.53. The number of benzene rings is 1. The van der Waals surface area contributed by atoms with Crippen LogP contribution in [0.4, 0.5) is 0 Å². The molecule has 8 nitrogen and oxygen atoms in total. The molecule has 0 spiro atoms. The fourth-order valence-electron chi connectivity index (χ4n) is 3.34. The number of amides is 1. The number of aliphatic hydroxyl groups excluding tert-OH is 1. The Labute approximate surface area is 161 Å². The van der Waals surface area contributed by atoms with Crippen molar-refractivity contribution in [2.24, 2.45) is 0 Å². The quantitative estimate of drug-likeness (QED) is 0.695. The minimum Gasteiger partial charge on any atom is -0.483 e. The van der Waals surface area contributed by atoms with Crippen LogP contribution in [0.15, 0.2) is 47.3 Å². The van der Waals surface area contributed by atoms with Crippen LogP contribution in [0.3, 0.4) is 0 Å². The maximum absolute atomic E-state index is 12.8. The molecule has 3 aromatic rings. The molecule has 1 aliphatic rings. The number of nitrogens with zero attached hydrogens (tertiary/aromatic N) is 3. The van der Waals surface area contributed by atoms with E-state index in [2.05, 4.69) is 9.97 Å². The predicted molar refractivity (Wildman–Crippen MR) is 99.9 cm³/mol. The predicted octanol–water partition coefficient (Wildman–Crippen LogP) is 2.02. The highest BCUT2D eigenvalue weighted by molar-refractivity contribution is 5.92. The number of pyridine rings is 1. The summed E-state index contributed by atoms with van der Waals surface area (Å²) in [5.41, 5.74) is 0.182. The van der Waals surface area contributed by atoms with Crippen LogP contribution in [0.1, 0.15) is 23.3 Å². The molecular weight excluding hydrogens is 362 g/mol. The van der Waals surface area contributed by atoms with Gasteiger partial charge in [-0.2, -0.15) is 0 Å². The lowest BCUT2D eigenvalue weighted by molar-refractivity contribution is 0.0515. The SMILES string of the molecule is CCN(C(=O)c1coc(COc2cccc3cnccc23)n1)[C@H]1COC[C@@H]1O. The van der Waals surface area contributed by atoms with Gasteiger partial charge in [-0.25, -0.2) is 4.98 Å². The Kier molecular flexibility index (Phi) is 5.23. The summed E-state index contributed by atoms with van der Waals surface area (Å²) in [6, 6.07) is 7.20. The minimum absolute atomic E-state index is 0.0933. The van der Waals surface area contributed by atoms with Crippen molar-refractivity contribution >= 4 is 16.7 Å². The van der Waals surface area contributed by atoms with E-state index in [9.17, 15) is 9.90 Å². The molecule has 1 saturated heterocycles. The summed E-state index contributed by atoms with van der Waals surface area (Å²) in [5, 5.41) is 11.9. The number of hydrogen-bond donors (Lipinski definition) is 1. The lowest BCUT2D eigenvalue weighted by Gasteiger charge is -2.27. The largest absolute Gasteiger partial charge is 0.483 e. The Balaban J connectivity index is 1.46. The first kappa shape index (κ1) is 18.4. The van der Waals surface area contributed by atoms with Gasteiger partial charge in [-0.3, -0.25) is 9.78 Å². The van der Waals surface area contributed by atoms with Crippen LogP contribution < -0.4 is 4.74 Å². The number of rotatable bonds is 6. The summed E-state index contributed by atoms with van der Waals surface area (Å²) in [7, 11) is 0. The van der Waals surface area contributed by atoms with Crippen LogP contribution in [-0.2, 0) is 11.3 Å². The molecular formula is C20H21N3O5. The third kappa shape index (κ3) is 3.56. The van der Waals surface area contributed by atoms with Gasteiger partial charge in [0.25, 0.3) is 5.91 Å². The van der Waals surface area contributed by atoms with Gasteiger partial charge in [0, 0.05) is 29.7 Å². The molecule has 4 rings (SSSR count). The van der Waals surface area contributed by atoms with E-state index in [-0.39, 0.29) is 30.9 Å². The highest BCUT2D eigenvalue weighted by Gasteiger charge is 2.35. The summed E-state index contributed by atoms with van der Waals surface area (Å²) in [5.74, 6) is 0.685. The van der Waals surface area contributed by atoms with Gasteiger partial charge in [-0.1, -0.05) is 12.1 Å². The Morgan fingerprint density at radius 3 is 3.04 bits per heavy atom. The first-order chi connectivity index (χ1) is 13.7. The molecule has 1 amide bonds. The van der Waals surface area contributed by atoms with Crippen LogP contribution in [0.2, 0.25) is 0 Å². The molecule has 3 heterocycles. The summed E-state index contributed by atoms with van der Waals surface area (Å²) >= 11 is 0. The minimum atomic E-state index is -0.695. The van der Waals surface area contributed by atoms with E-state index in [0.717, 1.165) is 10.8 Å². The number of likely N-dealkylation sites (N-methyl/N-ethyl adjacent to an activating group) is 1. The molecule has 28 heavy (non-hydrogen) atoms. The van der Waals surface area contributed by atoms with Crippen molar-refractivity contribution in [1.82, 2.24) is 14.9 Å². The van der Waals surface area contributed by atoms with Gasteiger partial charge in [0.15, 0.2) is 12.3 Å².